The van der Waals surface area contributed by atoms with Crippen molar-refractivity contribution in [1.29, 1.82) is 0 Å². The lowest BCUT2D eigenvalue weighted by Crippen LogP contribution is -2.14. The summed E-state index contributed by atoms with van der Waals surface area (Å²) in [6, 6.07) is 1.52. The van der Waals surface area contributed by atoms with Gasteiger partial charge in [-0.2, -0.15) is 0 Å². The monoisotopic (exact) mass is 428 g/mol. The Bertz CT molecular complexity index is 1170. The van der Waals surface area contributed by atoms with Gasteiger partial charge in [0.2, 0.25) is 0 Å². The van der Waals surface area contributed by atoms with Gasteiger partial charge in [-0.05, 0) is 39.3 Å². The van der Waals surface area contributed by atoms with Crippen LogP contribution in [0.1, 0.15) is 56.8 Å². The second kappa shape index (κ2) is 7.75. The van der Waals surface area contributed by atoms with Gasteiger partial charge in [0.1, 0.15) is 22.6 Å². The highest BCUT2D eigenvalue weighted by Crippen LogP contribution is 2.50. The van der Waals surface area contributed by atoms with E-state index in [1.807, 2.05) is 0 Å². The Balaban J connectivity index is 2.34. The number of carboxylic acids is 1. The summed E-state index contributed by atoms with van der Waals surface area (Å²) in [6.07, 6.45) is 0. The molecule has 2 aromatic rings. The number of carbonyl (C=O) groups is 4. The van der Waals surface area contributed by atoms with Crippen LogP contribution in [0, 0.1) is 27.7 Å². The molecule has 162 valence electrons. The van der Waals surface area contributed by atoms with Gasteiger partial charge < -0.3 is 24.1 Å². The Hall–Kier alpha value is -3.88. The molecular formula is C22H20O9. The molecule has 0 saturated carbocycles. The fraction of sp³-hybridized carbons (Fsp3) is 0.273. The molecule has 1 aliphatic rings. The summed E-state index contributed by atoms with van der Waals surface area (Å²) >= 11 is 0. The number of hydrogen-bond donors (Lipinski definition) is 1. The molecule has 0 amide bonds. The average molecular weight is 428 g/mol. The largest absolute Gasteiger partial charge is 0.478 e. The summed E-state index contributed by atoms with van der Waals surface area (Å²) in [5, 5.41) is 9.73. The third-order valence-electron chi connectivity index (χ3n) is 4.83. The van der Waals surface area contributed by atoms with Crippen LogP contribution in [0.15, 0.2) is 6.07 Å². The predicted molar refractivity (Wildman–Crippen MR) is 106 cm³/mol. The first kappa shape index (κ1) is 21.8. The molecule has 2 aromatic carbocycles. The molecule has 9 nitrogen and oxygen atoms in total. The van der Waals surface area contributed by atoms with Crippen LogP contribution >= 0.6 is 0 Å². The fourth-order valence-corrected chi connectivity index (χ4v) is 3.43. The Labute approximate surface area is 177 Å². The van der Waals surface area contributed by atoms with E-state index < -0.39 is 23.9 Å². The summed E-state index contributed by atoms with van der Waals surface area (Å²) < 4.78 is 21.9. The highest BCUT2D eigenvalue weighted by molar-refractivity contribution is 6.00. The SMILES string of the molecule is CC(=O)Oc1cc(C)c2c(c1C)Oc1c(C)c(C(=O)O)c(OC(C)=O)c(C)c1OC2=O. The quantitative estimate of drug-likeness (QED) is 0.574. The molecule has 0 unspecified atom stereocenters. The van der Waals surface area contributed by atoms with E-state index in [0.717, 1.165) is 6.92 Å². The standard InChI is InChI=1S/C22H20O9/c1-8-7-14(28-12(5)23)9(2)17-15(8)22(27)31-20-11(4)18(29-13(6)24)16(21(25)26)10(3)19(20)30-17/h7H,1-6H3,(H,25,26). The second-order valence-electron chi connectivity index (χ2n) is 7.12. The predicted octanol–water partition coefficient (Wildman–Crippen LogP) is 3.79. The molecule has 9 heteroatoms. The first-order valence-corrected chi connectivity index (χ1v) is 9.25. The minimum Gasteiger partial charge on any atom is -0.478 e. The molecule has 0 radical (unpaired) electrons. The number of aryl methyl sites for hydroxylation is 1. The van der Waals surface area contributed by atoms with Gasteiger partial charge in [0.15, 0.2) is 17.2 Å². The van der Waals surface area contributed by atoms with Crippen molar-refractivity contribution in [3.63, 3.8) is 0 Å². The molecule has 0 saturated heterocycles. The van der Waals surface area contributed by atoms with Crippen LogP contribution in [-0.4, -0.2) is 29.0 Å². The molecule has 0 bridgehead atoms. The third-order valence-corrected chi connectivity index (χ3v) is 4.83. The Morgan fingerprint density at radius 1 is 0.839 bits per heavy atom. The molecule has 0 spiro atoms. The number of carbonyl (C=O) groups excluding carboxylic acids is 3. The van der Waals surface area contributed by atoms with Gasteiger partial charge in [-0.3, -0.25) is 9.59 Å². The summed E-state index contributed by atoms with van der Waals surface area (Å²) in [7, 11) is 0. The van der Waals surface area contributed by atoms with E-state index in [0.29, 0.717) is 11.1 Å². The number of aromatic carboxylic acids is 1. The number of hydrogen-bond acceptors (Lipinski definition) is 8. The van der Waals surface area contributed by atoms with Gasteiger partial charge in [-0.1, -0.05) is 0 Å². The third kappa shape index (κ3) is 3.70. The van der Waals surface area contributed by atoms with E-state index in [-0.39, 0.29) is 51.0 Å². The molecule has 0 atom stereocenters. The number of fused-ring (bicyclic) bond motifs is 2. The van der Waals surface area contributed by atoms with E-state index in [4.69, 9.17) is 18.9 Å². The molecule has 1 aliphatic heterocycles. The summed E-state index contributed by atoms with van der Waals surface area (Å²) in [5.74, 6) is -3.40. The number of carboxylic acid groups (broad SMARTS) is 1. The van der Waals surface area contributed by atoms with Crippen molar-refractivity contribution < 1.29 is 43.2 Å². The maximum atomic E-state index is 13.0. The van der Waals surface area contributed by atoms with Crippen LogP contribution in [0.2, 0.25) is 0 Å². The molecule has 0 fully saturated rings. The van der Waals surface area contributed by atoms with Gasteiger partial charge in [-0.25, -0.2) is 9.59 Å². The molecule has 0 aromatic heterocycles. The van der Waals surface area contributed by atoms with Crippen LogP contribution in [0.4, 0.5) is 0 Å². The zero-order chi connectivity index (χ0) is 23.2. The normalized spacial score (nSPS) is 12.0. The highest BCUT2D eigenvalue weighted by Gasteiger charge is 2.35. The lowest BCUT2D eigenvalue weighted by Gasteiger charge is -2.19. The molecular weight excluding hydrogens is 408 g/mol. The first-order chi connectivity index (χ1) is 14.4. The molecule has 31 heavy (non-hydrogen) atoms. The van der Waals surface area contributed by atoms with Crippen molar-refractivity contribution in [2.75, 3.05) is 0 Å². The van der Waals surface area contributed by atoms with Crippen molar-refractivity contribution in [2.24, 2.45) is 0 Å². The topological polar surface area (TPSA) is 125 Å². The summed E-state index contributed by atoms with van der Waals surface area (Å²) in [5.41, 5.74) is 0.817. The molecule has 0 aliphatic carbocycles. The van der Waals surface area contributed by atoms with Crippen molar-refractivity contribution in [2.45, 2.75) is 41.5 Å². The number of rotatable bonds is 3. The van der Waals surface area contributed by atoms with E-state index in [9.17, 15) is 24.3 Å². The Kier molecular flexibility index (Phi) is 5.45. The van der Waals surface area contributed by atoms with Gasteiger partial charge in [0.25, 0.3) is 0 Å². The van der Waals surface area contributed by atoms with Crippen molar-refractivity contribution in [3.05, 3.63) is 39.4 Å². The number of ether oxygens (including phenoxy) is 4. The lowest BCUT2D eigenvalue weighted by molar-refractivity contribution is -0.132. The zero-order valence-electron chi connectivity index (χ0n) is 17.8. The molecule has 3 rings (SSSR count). The van der Waals surface area contributed by atoms with E-state index >= 15 is 0 Å². The molecule has 1 heterocycles. The van der Waals surface area contributed by atoms with E-state index in [1.54, 1.807) is 13.8 Å². The smallest absolute Gasteiger partial charge is 0.347 e. The zero-order valence-corrected chi connectivity index (χ0v) is 17.8. The van der Waals surface area contributed by atoms with Crippen molar-refractivity contribution in [1.82, 2.24) is 0 Å². The van der Waals surface area contributed by atoms with Crippen molar-refractivity contribution in [3.8, 4) is 28.7 Å². The minimum absolute atomic E-state index is 0.0135. The Morgan fingerprint density at radius 3 is 1.97 bits per heavy atom. The van der Waals surface area contributed by atoms with Crippen LogP contribution in [0.25, 0.3) is 0 Å². The first-order valence-electron chi connectivity index (χ1n) is 9.25. The van der Waals surface area contributed by atoms with Gasteiger partial charge in [0.05, 0.1) is 0 Å². The van der Waals surface area contributed by atoms with E-state index in [1.165, 1.54) is 26.8 Å². The van der Waals surface area contributed by atoms with Gasteiger partial charge >= 0.3 is 23.9 Å². The summed E-state index contributed by atoms with van der Waals surface area (Å²) in [4.78, 5) is 47.9. The van der Waals surface area contributed by atoms with E-state index in [2.05, 4.69) is 0 Å². The van der Waals surface area contributed by atoms with Crippen LogP contribution < -0.4 is 18.9 Å². The highest BCUT2D eigenvalue weighted by atomic mass is 16.6. The van der Waals surface area contributed by atoms with Crippen LogP contribution in [-0.2, 0) is 9.59 Å². The lowest BCUT2D eigenvalue weighted by atomic mass is 10.0. The average Bonchev–Trinajstić information content (AvgIpc) is 2.80. The maximum absolute atomic E-state index is 13.0. The van der Waals surface area contributed by atoms with Crippen molar-refractivity contribution >= 4 is 23.9 Å². The summed E-state index contributed by atoms with van der Waals surface area (Å²) in [6.45, 7) is 8.51. The maximum Gasteiger partial charge on any atom is 0.347 e. The number of benzene rings is 2. The van der Waals surface area contributed by atoms with Crippen LogP contribution in [0.5, 0.6) is 28.7 Å². The van der Waals surface area contributed by atoms with Gasteiger partial charge in [0, 0.05) is 30.5 Å². The van der Waals surface area contributed by atoms with Crippen LogP contribution in [0.3, 0.4) is 0 Å². The van der Waals surface area contributed by atoms with Gasteiger partial charge in [-0.15, -0.1) is 0 Å². The fourth-order valence-electron chi connectivity index (χ4n) is 3.43. The minimum atomic E-state index is -1.35. The molecule has 1 N–H and O–H groups in total. The number of esters is 3. The Morgan fingerprint density at radius 2 is 1.42 bits per heavy atom. The second-order valence-corrected chi connectivity index (χ2v) is 7.12.